The monoisotopic (exact) mass is 312 g/mol. The zero-order chi connectivity index (χ0) is 16.4. The molecule has 1 aromatic heterocycles. The zero-order valence-electron chi connectivity index (χ0n) is 12.5. The molecule has 0 radical (unpaired) electrons. The molecule has 1 N–H and O–H groups in total. The number of aromatic nitrogens is 1. The van der Waals surface area contributed by atoms with Gasteiger partial charge >= 0.3 is 0 Å². The number of nitrogens with one attached hydrogen (secondary N) is 1. The molecule has 0 saturated carbocycles. The third kappa shape index (κ3) is 2.90. The molecule has 0 bridgehead atoms. The fourth-order valence-electron chi connectivity index (χ4n) is 2.85. The number of carboxylic acid groups (broad SMARTS) is 1. The first-order valence-electron chi connectivity index (χ1n) is 7.19. The number of fused-ring (bicyclic) bond motifs is 1. The van der Waals surface area contributed by atoms with Gasteiger partial charge in [-0.3, -0.25) is 0 Å². The second-order valence-corrected chi connectivity index (χ2v) is 5.31. The summed E-state index contributed by atoms with van der Waals surface area (Å²) in [5.74, 6) is -1.65. The van der Waals surface area contributed by atoms with E-state index >= 15 is 0 Å². The molecular formula is C18H15FNO3-. The predicted octanol–water partition coefficient (Wildman–Crippen LogP) is 2.59. The van der Waals surface area contributed by atoms with Crippen LogP contribution >= 0.6 is 0 Å². The highest BCUT2D eigenvalue weighted by Gasteiger charge is 2.21. The molecule has 0 aliphatic carbocycles. The zero-order valence-corrected chi connectivity index (χ0v) is 12.5. The van der Waals surface area contributed by atoms with Crippen molar-refractivity contribution in [3.63, 3.8) is 0 Å². The number of methoxy groups -OCH3 is 1. The van der Waals surface area contributed by atoms with Crippen molar-refractivity contribution in [2.24, 2.45) is 0 Å². The maximum Gasteiger partial charge on any atom is 0.127 e. The second kappa shape index (κ2) is 6.12. The highest BCUT2D eigenvalue weighted by molar-refractivity contribution is 5.86. The van der Waals surface area contributed by atoms with E-state index in [9.17, 15) is 14.3 Å². The summed E-state index contributed by atoms with van der Waals surface area (Å²) in [6.45, 7) is 0. The molecule has 3 aromatic rings. The Morgan fingerprint density at radius 3 is 2.74 bits per heavy atom. The molecule has 1 atom stereocenters. The normalized spacial score (nSPS) is 12.3. The van der Waals surface area contributed by atoms with Crippen LogP contribution in [-0.2, 0) is 4.79 Å². The third-order valence-corrected chi connectivity index (χ3v) is 3.95. The van der Waals surface area contributed by atoms with Crippen molar-refractivity contribution >= 4 is 16.9 Å². The first kappa shape index (κ1) is 15.1. The Kier molecular flexibility index (Phi) is 4.02. The van der Waals surface area contributed by atoms with E-state index in [1.807, 2.05) is 12.1 Å². The van der Waals surface area contributed by atoms with Crippen LogP contribution in [0.3, 0.4) is 0 Å². The van der Waals surface area contributed by atoms with Crippen molar-refractivity contribution < 1.29 is 19.0 Å². The average molecular weight is 312 g/mol. The van der Waals surface area contributed by atoms with E-state index in [1.165, 1.54) is 6.07 Å². The Bertz CT molecular complexity index is 856. The van der Waals surface area contributed by atoms with Crippen molar-refractivity contribution in [3.8, 4) is 5.75 Å². The second-order valence-electron chi connectivity index (χ2n) is 5.31. The molecule has 118 valence electrons. The van der Waals surface area contributed by atoms with Crippen molar-refractivity contribution in [2.45, 2.75) is 12.3 Å². The van der Waals surface area contributed by atoms with Crippen LogP contribution in [0.2, 0.25) is 0 Å². The maximum atomic E-state index is 14.2. The van der Waals surface area contributed by atoms with Crippen molar-refractivity contribution in [3.05, 3.63) is 65.6 Å². The minimum atomic E-state index is -1.23. The maximum absolute atomic E-state index is 14.2. The Morgan fingerprint density at radius 2 is 2.04 bits per heavy atom. The number of H-pyrrole nitrogens is 1. The SMILES string of the molecule is COc1ccc2[nH]cc([C@H](CC(=O)[O-])c3ccccc3F)c2c1. The number of aliphatic carboxylic acids is 1. The first-order chi connectivity index (χ1) is 11.1. The lowest BCUT2D eigenvalue weighted by molar-refractivity contribution is -0.305. The van der Waals surface area contributed by atoms with Gasteiger partial charge < -0.3 is 19.6 Å². The van der Waals surface area contributed by atoms with Gasteiger partial charge in [-0.1, -0.05) is 18.2 Å². The van der Waals surface area contributed by atoms with Crippen molar-refractivity contribution in [2.75, 3.05) is 7.11 Å². The number of carboxylic acids is 1. The van der Waals surface area contributed by atoms with E-state index in [4.69, 9.17) is 4.74 Å². The summed E-state index contributed by atoms with van der Waals surface area (Å²) in [7, 11) is 1.56. The van der Waals surface area contributed by atoms with Crippen LogP contribution in [-0.4, -0.2) is 18.1 Å². The molecule has 0 amide bonds. The highest BCUT2D eigenvalue weighted by Crippen LogP contribution is 2.35. The number of hydrogen-bond acceptors (Lipinski definition) is 3. The summed E-state index contributed by atoms with van der Waals surface area (Å²) in [6.07, 6.45) is 1.41. The van der Waals surface area contributed by atoms with E-state index in [0.717, 1.165) is 10.9 Å². The topological polar surface area (TPSA) is 65.2 Å². The van der Waals surface area contributed by atoms with Gasteiger partial charge in [0.1, 0.15) is 11.6 Å². The molecule has 0 saturated heterocycles. The number of halogens is 1. The van der Waals surface area contributed by atoms with E-state index < -0.39 is 17.7 Å². The quantitative estimate of drug-likeness (QED) is 0.787. The van der Waals surface area contributed by atoms with Crippen LogP contribution in [0.15, 0.2) is 48.7 Å². The lowest BCUT2D eigenvalue weighted by Gasteiger charge is -2.18. The highest BCUT2D eigenvalue weighted by atomic mass is 19.1. The minimum Gasteiger partial charge on any atom is -0.550 e. The van der Waals surface area contributed by atoms with Gasteiger partial charge in [0.05, 0.1) is 7.11 Å². The molecule has 2 aromatic carbocycles. The van der Waals surface area contributed by atoms with Crippen LogP contribution in [0, 0.1) is 5.82 Å². The summed E-state index contributed by atoms with van der Waals surface area (Å²) in [5, 5.41) is 12.0. The number of hydrogen-bond donors (Lipinski definition) is 1. The van der Waals surface area contributed by atoms with Gasteiger partial charge in [-0.2, -0.15) is 0 Å². The number of carbonyl (C=O) groups is 1. The Hall–Kier alpha value is -2.82. The Morgan fingerprint density at radius 1 is 1.26 bits per heavy atom. The fraction of sp³-hybridized carbons (Fsp3) is 0.167. The smallest absolute Gasteiger partial charge is 0.127 e. The minimum absolute atomic E-state index is 0.300. The molecule has 1 heterocycles. The van der Waals surface area contributed by atoms with Gasteiger partial charge in [0.2, 0.25) is 0 Å². The molecular weight excluding hydrogens is 297 g/mol. The van der Waals surface area contributed by atoms with Crippen LogP contribution in [0.25, 0.3) is 10.9 Å². The summed E-state index contributed by atoms with van der Waals surface area (Å²) < 4.78 is 19.4. The number of aromatic amines is 1. The van der Waals surface area contributed by atoms with Crippen molar-refractivity contribution in [1.29, 1.82) is 0 Å². The third-order valence-electron chi connectivity index (χ3n) is 3.95. The Balaban J connectivity index is 2.17. The molecule has 5 heteroatoms. The number of ether oxygens (including phenoxy) is 1. The van der Waals surface area contributed by atoms with Gasteiger partial charge in [0.15, 0.2) is 0 Å². The summed E-state index contributed by atoms with van der Waals surface area (Å²) in [4.78, 5) is 14.3. The molecule has 0 fully saturated rings. The van der Waals surface area contributed by atoms with Crippen LogP contribution in [0.1, 0.15) is 23.5 Å². The lowest BCUT2D eigenvalue weighted by atomic mass is 9.88. The predicted molar refractivity (Wildman–Crippen MR) is 82.7 cm³/mol. The largest absolute Gasteiger partial charge is 0.550 e. The lowest BCUT2D eigenvalue weighted by Crippen LogP contribution is -2.25. The number of rotatable bonds is 5. The molecule has 0 spiro atoms. The van der Waals surface area contributed by atoms with E-state index in [2.05, 4.69) is 4.98 Å². The van der Waals surface area contributed by atoms with E-state index in [1.54, 1.807) is 37.6 Å². The molecule has 0 unspecified atom stereocenters. The first-order valence-corrected chi connectivity index (χ1v) is 7.19. The van der Waals surface area contributed by atoms with Gasteiger partial charge in [-0.25, -0.2) is 4.39 Å². The average Bonchev–Trinajstić information content (AvgIpc) is 2.96. The number of benzene rings is 2. The van der Waals surface area contributed by atoms with E-state index in [-0.39, 0.29) is 6.42 Å². The standard InChI is InChI=1S/C18H16FNO3/c1-23-11-6-7-17-14(8-11)15(10-20-17)13(9-18(21)22)12-4-2-3-5-16(12)19/h2-8,10,13,20H,9H2,1H3,(H,21,22)/p-1/t13-/m1/s1. The summed E-state index contributed by atoms with van der Waals surface area (Å²) in [5.41, 5.74) is 1.87. The number of carbonyl (C=O) groups excluding carboxylic acids is 1. The molecule has 0 aliphatic heterocycles. The van der Waals surface area contributed by atoms with Crippen LogP contribution in [0.5, 0.6) is 5.75 Å². The Labute approximate surface area is 132 Å². The van der Waals surface area contributed by atoms with Gasteiger partial charge in [0.25, 0.3) is 0 Å². The fourth-order valence-corrected chi connectivity index (χ4v) is 2.85. The summed E-state index contributed by atoms with van der Waals surface area (Å²) in [6, 6.07) is 11.6. The van der Waals surface area contributed by atoms with Gasteiger partial charge in [0, 0.05) is 29.0 Å². The van der Waals surface area contributed by atoms with E-state index in [0.29, 0.717) is 16.9 Å². The van der Waals surface area contributed by atoms with Crippen LogP contribution in [0.4, 0.5) is 4.39 Å². The summed E-state index contributed by atoms with van der Waals surface area (Å²) >= 11 is 0. The van der Waals surface area contributed by atoms with Gasteiger partial charge in [-0.05, 0) is 41.8 Å². The molecule has 0 aliphatic rings. The van der Waals surface area contributed by atoms with Crippen molar-refractivity contribution in [1.82, 2.24) is 4.98 Å². The van der Waals surface area contributed by atoms with Gasteiger partial charge in [-0.15, -0.1) is 0 Å². The molecule has 3 rings (SSSR count). The molecule has 23 heavy (non-hydrogen) atoms. The molecule has 4 nitrogen and oxygen atoms in total. The van der Waals surface area contributed by atoms with Crippen LogP contribution < -0.4 is 9.84 Å².